The van der Waals surface area contributed by atoms with Crippen molar-refractivity contribution in [3.8, 4) is 0 Å². The monoisotopic (exact) mass is 332 g/mol. The summed E-state index contributed by atoms with van der Waals surface area (Å²) in [4.78, 5) is 15.9. The van der Waals surface area contributed by atoms with Gasteiger partial charge >= 0.3 is 5.97 Å². The van der Waals surface area contributed by atoms with Crippen molar-refractivity contribution in [3.05, 3.63) is 35.4 Å². The highest BCUT2D eigenvalue weighted by molar-refractivity contribution is 5.70. The average molecular weight is 332 g/mol. The second kappa shape index (κ2) is 8.10. The SMILES string of the molecule is CCC[C@H]1COC[C@H]2CN(Cc3ccc(CC(=O)O)cc3)CCN12. The van der Waals surface area contributed by atoms with Gasteiger partial charge in [-0.25, -0.2) is 0 Å². The number of piperazine rings is 1. The zero-order chi connectivity index (χ0) is 16.9. The second-order valence-corrected chi connectivity index (χ2v) is 6.99. The van der Waals surface area contributed by atoms with E-state index in [0.29, 0.717) is 12.1 Å². The minimum Gasteiger partial charge on any atom is -0.481 e. The van der Waals surface area contributed by atoms with E-state index in [0.717, 1.165) is 45.0 Å². The van der Waals surface area contributed by atoms with Crippen LogP contribution in [-0.4, -0.2) is 65.8 Å². The van der Waals surface area contributed by atoms with Gasteiger partial charge in [0.25, 0.3) is 0 Å². The predicted octanol–water partition coefficient (Wildman–Crippen LogP) is 2.00. The molecule has 0 unspecified atom stereocenters. The fourth-order valence-corrected chi connectivity index (χ4v) is 3.92. The zero-order valence-electron chi connectivity index (χ0n) is 14.5. The Morgan fingerprint density at radius 2 is 1.96 bits per heavy atom. The third-order valence-electron chi connectivity index (χ3n) is 5.11. The molecule has 24 heavy (non-hydrogen) atoms. The van der Waals surface area contributed by atoms with Crippen LogP contribution in [0.5, 0.6) is 0 Å². The van der Waals surface area contributed by atoms with E-state index in [1.54, 1.807) is 0 Å². The summed E-state index contributed by atoms with van der Waals surface area (Å²) in [6, 6.07) is 9.08. The van der Waals surface area contributed by atoms with Crippen molar-refractivity contribution < 1.29 is 14.6 Å². The molecule has 0 saturated carbocycles. The quantitative estimate of drug-likeness (QED) is 0.863. The number of carboxylic acid groups (broad SMARTS) is 1. The molecular formula is C19H28N2O3. The molecule has 5 heteroatoms. The Kier molecular flexibility index (Phi) is 5.87. The highest BCUT2D eigenvalue weighted by Gasteiger charge is 2.34. The first-order chi connectivity index (χ1) is 11.7. The molecule has 1 aromatic carbocycles. The summed E-state index contributed by atoms with van der Waals surface area (Å²) in [5, 5.41) is 8.84. The van der Waals surface area contributed by atoms with E-state index < -0.39 is 5.97 Å². The normalized spacial score (nSPS) is 25.4. The lowest BCUT2D eigenvalue weighted by molar-refractivity contribution is -0.136. The molecule has 132 valence electrons. The number of carboxylic acids is 1. The molecule has 2 aliphatic rings. The lowest BCUT2D eigenvalue weighted by atomic mass is 10.0. The van der Waals surface area contributed by atoms with Crippen molar-refractivity contribution in [1.82, 2.24) is 9.80 Å². The molecule has 2 atom stereocenters. The van der Waals surface area contributed by atoms with Crippen LogP contribution in [0, 0.1) is 0 Å². The Balaban J connectivity index is 1.55. The van der Waals surface area contributed by atoms with Crippen molar-refractivity contribution in [3.63, 3.8) is 0 Å². The number of rotatable bonds is 6. The molecule has 2 aliphatic heterocycles. The van der Waals surface area contributed by atoms with Crippen LogP contribution < -0.4 is 0 Å². The summed E-state index contributed by atoms with van der Waals surface area (Å²) < 4.78 is 5.83. The van der Waals surface area contributed by atoms with Crippen LogP contribution >= 0.6 is 0 Å². The van der Waals surface area contributed by atoms with Gasteiger partial charge in [0.1, 0.15) is 0 Å². The largest absolute Gasteiger partial charge is 0.481 e. The molecule has 3 rings (SSSR count). The fourth-order valence-electron chi connectivity index (χ4n) is 3.92. The van der Waals surface area contributed by atoms with Crippen LogP contribution in [0.15, 0.2) is 24.3 Å². The van der Waals surface area contributed by atoms with E-state index in [-0.39, 0.29) is 6.42 Å². The van der Waals surface area contributed by atoms with Crippen molar-refractivity contribution in [2.45, 2.75) is 44.8 Å². The number of ether oxygens (including phenoxy) is 1. The van der Waals surface area contributed by atoms with Crippen LogP contribution in [0.25, 0.3) is 0 Å². The molecule has 2 heterocycles. The van der Waals surface area contributed by atoms with E-state index in [1.165, 1.54) is 18.4 Å². The van der Waals surface area contributed by atoms with E-state index in [2.05, 4.69) is 28.9 Å². The maximum Gasteiger partial charge on any atom is 0.307 e. The van der Waals surface area contributed by atoms with E-state index in [1.807, 2.05) is 12.1 Å². The molecule has 2 saturated heterocycles. The number of morpholine rings is 1. The van der Waals surface area contributed by atoms with Crippen molar-refractivity contribution in [2.24, 2.45) is 0 Å². The Morgan fingerprint density at radius 1 is 1.21 bits per heavy atom. The average Bonchev–Trinajstić information content (AvgIpc) is 2.56. The molecule has 0 amide bonds. The molecule has 0 radical (unpaired) electrons. The van der Waals surface area contributed by atoms with Gasteiger partial charge in [-0.3, -0.25) is 14.6 Å². The highest BCUT2D eigenvalue weighted by Crippen LogP contribution is 2.22. The molecule has 1 aromatic rings. The van der Waals surface area contributed by atoms with E-state index in [9.17, 15) is 4.79 Å². The van der Waals surface area contributed by atoms with Crippen LogP contribution in [0.1, 0.15) is 30.9 Å². The maximum absolute atomic E-state index is 10.8. The van der Waals surface area contributed by atoms with Gasteiger partial charge in [-0.15, -0.1) is 0 Å². The smallest absolute Gasteiger partial charge is 0.307 e. The Hall–Kier alpha value is -1.43. The molecule has 5 nitrogen and oxygen atoms in total. The molecule has 0 spiro atoms. The van der Waals surface area contributed by atoms with Gasteiger partial charge in [0, 0.05) is 38.3 Å². The minimum absolute atomic E-state index is 0.0944. The van der Waals surface area contributed by atoms with Gasteiger partial charge < -0.3 is 9.84 Å². The van der Waals surface area contributed by atoms with E-state index in [4.69, 9.17) is 9.84 Å². The number of nitrogens with zero attached hydrogens (tertiary/aromatic N) is 2. The molecule has 0 bridgehead atoms. The van der Waals surface area contributed by atoms with Crippen LogP contribution in [0.4, 0.5) is 0 Å². The summed E-state index contributed by atoms with van der Waals surface area (Å²) in [7, 11) is 0. The summed E-state index contributed by atoms with van der Waals surface area (Å²) in [5.74, 6) is -0.780. The zero-order valence-corrected chi connectivity index (χ0v) is 14.5. The molecule has 0 aromatic heterocycles. The number of aliphatic carboxylic acids is 1. The van der Waals surface area contributed by atoms with Crippen LogP contribution in [0.3, 0.4) is 0 Å². The maximum atomic E-state index is 10.8. The molecule has 0 aliphatic carbocycles. The van der Waals surface area contributed by atoms with Crippen molar-refractivity contribution >= 4 is 5.97 Å². The summed E-state index contributed by atoms with van der Waals surface area (Å²) in [5.41, 5.74) is 2.11. The molecule has 2 fully saturated rings. The van der Waals surface area contributed by atoms with Crippen LogP contribution in [0.2, 0.25) is 0 Å². The topological polar surface area (TPSA) is 53.0 Å². The number of hydrogen-bond donors (Lipinski definition) is 1. The Labute approximate surface area is 144 Å². The van der Waals surface area contributed by atoms with Gasteiger partial charge in [0.2, 0.25) is 0 Å². The van der Waals surface area contributed by atoms with Gasteiger partial charge in [0.05, 0.1) is 19.6 Å². The van der Waals surface area contributed by atoms with E-state index >= 15 is 0 Å². The summed E-state index contributed by atoms with van der Waals surface area (Å²) in [6.45, 7) is 8.16. The number of fused-ring (bicyclic) bond motifs is 1. The van der Waals surface area contributed by atoms with Gasteiger partial charge in [-0.1, -0.05) is 37.6 Å². The number of benzene rings is 1. The third-order valence-corrected chi connectivity index (χ3v) is 5.11. The predicted molar refractivity (Wildman–Crippen MR) is 93.1 cm³/mol. The van der Waals surface area contributed by atoms with Gasteiger partial charge in [-0.05, 0) is 17.5 Å². The lowest BCUT2D eigenvalue weighted by Gasteiger charge is -2.48. The highest BCUT2D eigenvalue weighted by atomic mass is 16.5. The first kappa shape index (κ1) is 17.4. The fraction of sp³-hybridized carbons (Fsp3) is 0.632. The standard InChI is InChI=1S/C19H28N2O3/c1-2-3-17-13-24-14-18-12-20(8-9-21(17)18)11-16-6-4-15(5-7-16)10-19(22)23/h4-7,17-18H,2-3,8-14H2,1H3,(H,22,23)/t17-,18+/m0/s1. The first-order valence-electron chi connectivity index (χ1n) is 9.01. The van der Waals surface area contributed by atoms with Gasteiger partial charge in [-0.2, -0.15) is 0 Å². The number of carbonyl (C=O) groups is 1. The lowest BCUT2D eigenvalue weighted by Crippen LogP contribution is -2.61. The molecular weight excluding hydrogens is 304 g/mol. The third kappa shape index (κ3) is 4.35. The van der Waals surface area contributed by atoms with Crippen molar-refractivity contribution in [2.75, 3.05) is 32.8 Å². The van der Waals surface area contributed by atoms with Crippen molar-refractivity contribution in [1.29, 1.82) is 0 Å². The summed E-state index contributed by atoms with van der Waals surface area (Å²) >= 11 is 0. The first-order valence-corrected chi connectivity index (χ1v) is 9.01. The molecule has 1 N–H and O–H groups in total. The summed E-state index contributed by atoms with van der Waals surface area (Å²) in [6.07, 6.45) is 2.53. The second-order valence-electron chi connectivity index (χ2n) is 6.99. The Bertz CT molecular complexity index is 544. The number of hydrogen-bond acceptors (Lipinski definition) is 4. The minimum atomic E-state index is -0.780. The Morgan fingerprint density at radius 3 is 2.67 bits per heavy atom. The van der Waals surface area contributed by atoms with Crippen LogP contribution in [-0.2, 0) is 22.5 Å². The van der Waals surface area contributed by atoms with Gasteiger partial charge in [0.15, 0.2) is 0 Å².